The molecule has 0 saturated carbocycles. The summed E-state index contributed by atoms with van der Waals surface area (Å²) in [5, 5.41) is 9.83. The first-order valence-electron chi connectivity index (χ1n) is 2.56. The van der Waals surface area contributed by atoms with Gasteiger partial charge in [-0.25, -0.2) is 5.11 Å². The maximum Gasteiger partial charge on any atom is 0.282 e. The lowest BCUT2D eigenvalue weighted by atomic mass is 10.9. The molecule has 0 aliphatic heterocycles. The van der Waals surface area contributed by atoms with Gasteiger partial charge in [0, 0.05) is 0 Å². The van der Waals surface area contributed by atoms with Gasteiger partial charge in [0.2, 0.25) is 0 Å². The third kappa shape index (κ3) is 6.53. The third-order valence-corrected chi connectivity index (χ3v) is 3.98. The molecule has 0 spiro atoms. The molecule has 0 N–H and O–H groups in total. The molecule has 0 fully saturated rings. The molecule has 49 valence electrons. The van der Waals surface area contributed by atoms with Crippen LogP contribution in [0.5, 0.6) is 0 Å². The number of hydrogen-bond acceptors (Lipinski definition) is 2. The minimum absolute atomic E-state index is 0.0295. The lowest BCUT2D eigenvalue weighted by Gasteiger charge is -1.97. The molecule has 0 rings (SSSR count). The molecule has 0 aliphatic carbocycles. The van der Waals surface area contributed by atoms with E-state index in [-0.39, 0.29) is 6.61 Å². The molecule has 0 aromatic rings. The highest BCUT2D eigenvalue weighted by Crippen LogP contribution is 1.75. The summed E-state index contributed by atoms with van der Waals surface area (Å²) in [7, 11) is -0.279. The van der Waals surface area contributed by atoms with Gasteiger partial charge in [-0.15, -0.1) is 0 Å². The zero-order valence-electron chi connectivity index (χ0n) is 5.05. The smallest absolute Gasteiger partial charge is 0.282 e. The van der Waals surface area contributed by atoms with Crippen molar-refractivity contribution in [3.8, 4) is 0 Å². The van der Waals surface area contributed by atoms with Crippen LogP contribution in [0.3, 0.4) is 0 Å². The summed E-state index contributed by atoms with van der Waals surface area (Å²) in [6.07, 6.45) is 0. The zero-order valence-corrected chi connectivity index (χ0v) is 9.88. The van der Waals surface area contributed by atoms with Crippen molar-refractivity contribution in [3.63, 3.8) is 0 Å². The van der Waals surface area contributed by atoms with Crippen molar-refractivity contribution >= 4 is 30.3 Å². The molecule has 0 heterocycles. The van der Waals surface area contributed by atoms with E-state index in [1.807, 2.05) is 0 Å². The summed E-state index contributed by atoms with van der Waals surface area (Å²) in [6, 6.07) is 0.762. The van der Waals surface area contributed by atoms with E-state index >= 15 is 0 Å². The first-order valence-corrected chi connectivity index (χ1v) is 6.11. The molecule has 0 atom stereocenters. The van der Waals surface area contributed by atoms with Crippen LogP contribution in [-0.2, 0) is 13.3 Å². The summed E-state index contributed by atoms with van der Waals surface area (Å²) in [4.78, 5) is 0. The van der Waals surface area contributed by atoms with Gasteiger partial charge in [0.05, 0.1) is 6.61 Å². The summed E-state index contributed by atoms with van der Waals surface area (Å²) >= 11 is 0. The molecule has 0 bridgehead atoms. The van der Waals surface area contributed by atoms with Crippen LogP contribution in [0.15, 0.2) is 0 Å². The maximum absolute atomic E-state index is 9.83. The van der Waals surface area contributed by atoms with Gasteiger partial charge in [-0.05, 0) is 6.04 Å². The van der Waals surface area contributed by atoms with Crippen LogP contribution in [0, 0.1) is 0 Å². The van der Waals surface area contributed by atoms with Gasteiger partial charge in [0.25, 0.3) is 10.0 Å². The summed E-state index contributed by atoms with van der Waals surface area (Å²) in [5.41, 5.74) is 0. The van der Waals surface area contributed by atoms with Gasteiger partial charge in [0.1, 0.15) is 10.5 Å². The van der Waals surface area contributed by atoms with Crippen LogP contribution in [0.1, 0.15) is 0 Å². The second-order valence-electron chi connectivity index (χ2n) is 1.37. The molecular formula is C2H11O3Si3. The van der Waals surface area contributed by atoms with Crippen molar-refractivity contribution in [1.29, 1.82) is 0 Å². The maximum atomic E-state index is 9.83. The second kappa shape index (κ2) is 7.53. The van der Waals surface area contributed by atoms with E-state index in [1.54, 1.807) is 0 Å². The normalized spacial score (nSPS) is 13.1. The highest BCUT2D eigenvalue weighted by atomic mass is 28.3. The van der Waals surface area contributed by atoms with E-state index in [0.29, 0.717) is 0 Å². The molecule has 0 amide bonds. The van der Waals surface area contributed by atoms with Gasteiger partial charge < -0.3 is 8.23 Å². The van der Waals surface area contributed by atoms with Crippen LogP contribution in [0.25, 0.3) is 0 Å². The Balaban J connectivity index is 2.53. The molecule has 0 saturated heterocycles. The lowest BCUT2D eigenvalue weighted by molar-refractivity contribution is 0.210. The van der Waals surface area contributed by atoms with Crippen LogP contribution in [0.4, 0.5) is 0 Å². The van der Waals surface area contributed by atoms with E-state index in [1.165, 1.54) is 0 Å². The van der Waals surface area contributed by atoms with E-state index in [2.05, 4.69) is 0 Å². The molecule has 0 aliphatic rings. The predicted octanol–water partition coefficient (Wildman–Crippen LogP) is -2.77. The minimum Gasteiger partial charge on any atom is -0.449 e. The largest absolute Gasteiger partial charge is 0.449 e. The molecule has 6 heteroatoms. The fourth-order valence-corrected chi connectivity index (χ4v) is 3.88. The molecule has 8 heavy (non-hydrogen) atoms. The Bertz CT molecular complexity index is 37.5. The van der Waals surface area contributed by atoms with Crippen LogP contribution < -0.4 is 0 Å². The third-order valence-electron chi connectivity index (χ3n) is 0.634. The molecule has 1 radical (unpaired) electrons. The van der Waals surface area contributed by atoms with Gasteiger partial charge in [-0.3, -0.25) is 0 Å². The van der Waals surface area contributed by atoms with E-state index in [9.17, 15) is 5.11 Å². The van der Waals surface area contributed by atoms with Crippen molar-refractivity contribution in [3.05, 3.63) is 0 Å². The molecule has 3 nitrogen and oxygen atoms in total. The van der Waals surface area contributed by atoms with Crippen molar-refractivity contribution in [2.45, 2.75) is 6.04 Å². The average Bonchev–Trinajstić information content (AvgIpc) is 1.81. The second-order valence-corrected chi connectivity index (χ2v) is 6.67. The molecular weight excluding hydrogens is 156 g/mol. The fraction of sp³-hybridized carbons (Fsp3) is 1.00. The lowest BCUT2D eigenvalue weighted by Crippen LogP contribution is -2.06. The predicted molar refractivity (Wildman–Crippen MR) is 39.6 cm³/mol. The van der Waals surface area contributed by atoms with Crippen LogP contribution in [-0.4, -0.2) is 36.9 Å². The van der Waals surface area contributed by atoms with Crippen LogP contribution >= 0.6 is 0 Å². The quantitative estimate of drug-likeness (QED) is 0.328. The molecule has 0 aromatic heterocycles. The SMILES string of the molecule is [O]CC[SiH2]O[SiH2]O[SiH3]. The van der Waals surface area contributed by atoms with Crippen LogP contribution in [0.2, 0.25) is 6.04 Å². The summed E-state index contributed by atoms with van der Waals surface area (Å²) in [5.74, 6) is 0. The topological polar surface area (TPSA) is 38.4 Å². The van der Waals surface area contributed by atoms with Gasteiger partial charge >= 0.3 is 0 Å². The molecule has 0 aromatic carbocycles. The minimum atomic E-state index is -0.614. The van der Waals surface area contributed by atoms with E-state index in [4.69, 9.17) is 8.23 Å². The average molecular weight is 167 g/mol. The summed E-state index contributed by atoms with van der Waals surface area (Å²) < 4.78 is 9.99. The van der Waals surface area contributed by atoms with Crippen molar-refractivity contribution in [2.75, 3.05) is 6.61 Å². The standard InChI is InChI=1S/C2H11O3Si3/c3-1-2-7-5-8-4-6/h1-2,7-8H2,6H3. The fourth-order valence-electron chi connectivity index (χ4n) is 0.303. The first kappa shape index (κ1) is 8.53. The Labute approximate surface area is 56.9 Å². The monoisotopic (exact) mass is 167 g/mol. The number of rotatable bonds is 5. The number of hydrogen-bond donors (Lipinski definition) is 0. The Kier molecular flexibility index (Phi) is 8.03. The van der Waals surface area contributed by atoms with E-state index < -0.39 is 19.8 Å². The highest BCUT2D eigenvalue weighted by molar-refractivity contribution is 6.41. The first-order chi connectivity index (χ1) is 3.91. The summed E-state index contributed by atoms with van der Waals surface area (Å²) in [6.45, 7) is 0.0295. The van der Waals surface area contributed by atoms with Crippen molar-refractivity contribution in [2.24, 2.45) is 0 Å². The van der Waals surface area contributed by atoms with E-state index in [0.717, 1.165) is 16.5 Å². The zero-order chi connectivity index (χ0) is 6.24. The van der Waals surface area contributed by atoms with Crippen molar-refractivity contribution in [1.82, 2.24) is 0 Å². The van der Waals surface area contributed by atoms with Crippen molar-refractivity contribution < 1.29 is 13.3 Å². The Morgan fingerprint density at radius 1 is 1.62 bits per heavy atom. The van der Waals surface area contributed by atoms with Gasteiger partial charge in [0.15, 0.2) is 9.76 Å². The Morgan fingerprint density at radius 3 is 2.88 bits per heavy atom. The molecule has 0 unspecified atom stereocenters. The highest BCUT2D eigenvalue weighted by Gasteiger charge is 1.85. The Morgan fingerprint density at radius 2 is 2.38 bits per heavy atom. The van der Waals surface area contributed by atoms with Gasteiger partial charge in [-0.2, -0.15) is 0 Å². The Hall–Kier alpha value is 0.531. The van der Waals surface area contributed by atoms with Gasteiger partial charge in [-0.1, -0.05) is 0 Å².